The maximum Gasteiger partial charge on any atom is 0.126 e. The van der Waals surface area contributed by atoms with Gasteiger partial charge in [0.15, 0.2) is 0 Å². The predicted molar refractivity (Wildman–Crippen MR) is 79.1 cm³/mol. The van der Waals surface area contributed by atoms with Crippen LogP contribution >= 0.6 is 11.6 Å². The van der Waals surface area contributed by atoms with Crippen LogP contribution in [-0.2, 0) is 6.54 Å². The van der Waals surface area contributed by atoms with Gasteiger partial charge in [0.25, 0.3) is 0 Å². The number of nitrogens with zero attached hydrogens (tertiary/aromatic N) is 1. The predicted octanol–water partition coefficient (Wildman–Crippen LogP) is 3.55. The standard InChI is InChI=1S/C14H24ClN3/c1-10(2)7-16-9-13-12(15)5-6-14(18-13)17-8-11(3)4/h5-6,10-11,16H,7-9H2,1-4H3,(H,17,18). The fourth-order valence-corrected chi connectivity index (χ4v) is 1.67. The number of rotatable bonds is 7. The van der Waals surface area contributed by atoms with E-state index in [1.54, 1.807) is 0 Å². The van der Waals surface area contributed by atoms with Crippen LogP contribution in [0.15, 0.2) is 12.1 Å². The molecule has 1 rings (SSSR count). The van der Waals surface area contributed by atoms with Crippen LogP contribution in [0.1, 0.15) is 33.4 Å². The minimum atomic E-state index is 0.602. The molecule has 1 heterocycles. The van der Waals surface area contributed by atoms with Gasteiger partial charge in [0, 0.05) is 13.1 Å². The monoisotopic (exact) mass is 269 g/mol. The van der Waals surface area contributed by atoms with E-state index < -0.39 is 0 Å². The molecule has 0 aliphatic heterocycles. The SMILES string of the molecule is CC(C)CNCc1nc(NCC(C)C)ccc1Cl. The minimum absolute atomic E-state index is 0.602. The van der Waals surface area contributed by atoms with Crippen molar-refractivity contribution >= 4 is 17.4 Å². The third-order valence-electron chi connectivity index (χ3n) is 2.46. The Morgan fingerprint density at radius 1 is 1.11 bits per heavy atom. The second-order valence-corrected chi connectivity index (χ2v) is 5.83. The summed E-state index contributed by atoms with van der Waals surface area (Å²) >= 11 is 6.14. The lowest BCUT2D eigenvalue weighted by Gasteiger charge is -2.12. The van der Waals surface area contributed by atoms with Crippen molar-refractivity contribution in [3.8, 4) is 0 Å². The molecular formula is C14H24ClN3. The lowest BCUT2D eigenvalue weighted by atomic mass is 10.2. The minimum Gasteiger partial charge on any atom is -0.370 e. The molecule has 4 heteroatoms. The lowest BCUT2D eigenvalue weighted by Crippen LogP contribution is -2.20. The molecule has 1 aromatic heterocycles. The number of anilines is 1. The zero-order chi connectivity index (χ0) is 13.5. The van der Waals surface area contributed by atoms with Crippen LogP contribution in [-0.4, -0.2) is 18.1 Å². The Balaban J connectivity index is 2.57. The maximum absolute atomic E-state index is 6.14. The van der Waals surface area contributed by atoms with Crippen molar-refractivity contribution < 1.29 is 0 Å². The molecule has 102 valence electrons. The molecule has 0 spiro atoms. The van der Waals surface area contributed by atoms with Crippen molar-refractivity contribution in [3.05, 3.63) is 22.8 Å². The number of halogens is 1. The Bertz CT molecular complexity index is 364. The summed E-state index contributed by atoms with van der Waals surface area (Å²) < 4.78 is 0. The molecule has 0 aliphatic rings. The Morgan fingerprint density at radius 3 is 2.39 bits per heavy atom. The Morgan fingerprint density at radius 2 is 1.78 bits per heavy atom. The Kier molecular flexibility index (Phi) is 6.44. The largest absolute Gasteiger partial charge is 0.370 e. The van der Waals surface area contributed by atoms with Gasteiger partial charge in [-0.3, -0.25) is 0 Å². The number of aromatic nitrogens is 1. The second-order valence-electron chi connectivity index (χ2n) is 5.42. The van der Waals surface area contributed by atoms with Crippen molar-refractivity contribution in [1.29, 1.82) is 0 Å². The zero-order valence-electron chi connectivity index (χ0n) is 11.8. The third-order valence-corrected chi connectivity index (χ3v) is 2.80. The number of nitrogens with one attached hydrogen (secondary N) is 2. The molecule has 0 aliphatic carbocycles. The van der Waals surface area contributed by atoms with E-state index in [1.807, 2.05) is 12.1 Å². The Hall–Kier alpha value is -0.800. The molecule has 0 aromatic carbocycles. The van der Waals surface area contributed by atoms with Crippen molar-refractivity contribution in [2.24, 2.45) is 11.8 Å². The van der Waals surface area contributed by atoms with E-state index in [1.165, 1.54) is 0 Å². The smallest absolute Gasteiger partial charge is 0.126 e. The second kappa shape index (κ2) is 7.59. The van der Waals surface area contributed by atoms with E-state index in [0.29, 0.717) is 18.4 Å². The fraction of sp³-hybridized carbons (Fsp3) is 0.643. The summed E-state index contributed by atoms with van der Waals surface area (Å²) in [6.07, 6.45) is 0. The van der Waals surface area contributed by atoms with Gasteiger partial charge in [-0.25, -0.2) is 4.98 Å². The van der Waals surface area contributed by atoms with Crippen LogP contribution in [0, 0.1) is 11.8 Å². The highest BCUT2D eigenvalue weighted by Crippen LogP contribution is 2.16. The molecule has 2 N–H and O–H groups in total. The average molecular weight is 270 g/mol. The maximum atomic E-state index is 6.14. The van der Waals surface area contributed by atoms with Crippen LogP contribution in [0.2, 0.25) is 5.02 Å². The van der Waals surface area contributed by atoms with Crippen molar-refractivity contribution in [3.63, 3.8) is 0 Å². The van der Waals surface area contributed by atoms with E-state index in [0.717, 1.165) is 29.6 Å². The molecule has 3 nitrogen and oxygen atoms in total. The van der Waals surface area contributed by atoms with Crippen LogP contribution in [0.4, 0.5) is 5.82 Å². The summed E-state index contributed by atoms with van der Waals surface area (Å²) in [6, 6.07) is 3.83. The quantitative estimate of drug-likeness (QED) is 0.795. The summed E-state index contributed by atoms with van der Waals surface area (Å²) in [4.78, 5) is 4.54. The van der Waals surface area contributed by atoms with E-state index in [-0.39, 0.29) is 0 Å². The molecule has 0 bridgehead atoms. The molecule has 0 unspecified atom stereocenters. The summed E-state index contributed by atoms with van der Waals surface area (Å²) in [5.41, 5.74) is 0.908. The first-order chi connectivity index (χ1) is 8.49. The molecule has 0 radical (unpaired) electrons. The van der Waals surface area contributed by atoms with E-state index in [2.05, 4.69) is 43.3 Å². The molecule has 0 fully saturated rings. The molecule has 0 atom stereocenters. The fourth-order valence-electron chi connectivity index (χ4n) is 1.49. The highest BCUT2D eigenvalue weighted by Gasteiger charge is 2.04. The molecule has 0 amide bonds. The van der Waals surface area contributed by atoms with Crippen LogP contribution in [0.5, 0.6) is 0 Å². The van der Waals surface area contributed by atoms with Gasteiger partial charge in [0.2, 0.25) is 0 Å². The van der Waals surface area contributed by atoms with Crippen molar-refractivity contribution in [2.45, 2.75) is 34.2 Å². The van der Waals surface area contributed by atoms with Crippen molar-refractivity contribution in [1.82, 2.24) is 10.3 Å². The van der Waals surface area contributed by atoms with Gasteiger partial charge in [0.05, 0.1) is 10.7 Å². The summed E-state index contributed by atoms with van der Waals surface area (Å²) in [5.74, 6) is 2.13. The topological polar surface area (TPSA) is 37.0 Å². The van der Waals surface area contributed by atoms with Gasteiger partial charge in [0.1, 0.15) is 5.82 Å². The molecule has 0 saturated heterocycles. The highest BCUT2D eigenvalue weighted by molar-refractivity contribution is 6.31. The van der Waals surface area contributed by atoms with Gasteiger partial charge >= 0.3 is 0 Å². The third kappa shape index (κ3) is 5.69. The normalized spacial score (nSPS) is 11.3. The lowest BCUT2D eigenvalue weighted by molar-refractivity contribution is 0.548. The summed E-state index contributed by atoms with van der Waals surface area (Å²) in [7, 11) is 0. The van der Waals surface area contributed by atoms with Crippen molar-refractivity contribution in [2.75, 3.05) is 18.4 Å². The summed E-state index contributed by atoms with van der Waals surface area (Å²) in [5, 5.41) is 7.40. The van der Waals surface area contributed by atoms with Gasteiger partial charge in [-0.2, -0.15) is 0 Å². The molecule has 1 aromatic rings. The van der Waals surface area contributed by atoms with Gasteiger partial charge in [-0.1, -0.05) is 39.3 Å². The average Bonchev–Trinajstić information content (AvgIpc) is 2.29. The first-order valence-electron chi connectivity index (χ1n) is 6.59. The van der Waals surface area contributed by atoms with Gasteiger partial charge in [-0.05, 0) is 30.5 Å². The van der Waals surface area contributed by atoms with Crippen LogP contribution in [0.3, 0.4) is 0 Å². The summed E-state index contributed by atoms with van der Waals surface area (Å²) in [6.45, 7) is 11.3. The number of hydrogen-bond donors (Lipinski definition) is 2. The Labute approximate surface area is 115 Å². The molecule has 0 saturated carbocycles. The number of hydrogen-bond acceptors (Lipinski definition) is 3. The van der Waals surface area contributed by atoms with Crippen LogP contribution < -0.4 is 10.6 Å². The highest BCUT2D eigenvalue weighted by atomic mass is 35.5. The van der Waals surface area contributed by atoms with E-state index in [4.69, 9.17) is 11.6 Å². The molecule has 18 heavy (non-hydrogen) atoms. The zero-order valence-corrected chi connectivity index (χ0v) is 12.5. The first kappa shape index (κ1) is 15.3. The van der Waals surface area contributed by atoms with E-state index >= 15 is 0 Å². The number of pyridine rings is 1. The first-order valence-corrected chi connectivity index (χ1v) is 6.96. The van der Waals surface area contributed by atoms with Crippen LogP contribution in [0.25, 0.3) is 0 Å². The van der Waals surface area contributed by atoms with Gasteiger partial charge in [-0.15, -0.1) is 0 Å². The van der Waals surface area contributed by atoms with Gasteiger partial charge < -0.3 is 10.6 Å². The molecular weight excluding hydrogens is 246 g/mol. The van der Waals surface area contributed by atoms with E-state index in [9.17, 15) is 0 Å².